The maximum absolute atomic E-state index is 15.6. The van der Waals surface area contributed by atoms with Crippen molar-refractivity contribution in [2.24, 2.45) is 17.3 Å². The van der Waals surface area contributed by atoms with E-state index in [9.17, 15) is 14.7 Å². The van der Waals surface area contributed by atoms with Crippen LogP contribution in [0, 0.1) is 17.3 Å². The Bertz CT molecular complexity index is 2650. The standard InChI is InChI=1S/C52H60F2N4O8/c1-8-49-18-12-20-58-22-19-50(43(49)58)37-25-38(41(63-5)26-40(37)56(4)44(50)52(62,47(61)65-7)45(49)66-30(2)59)51(46(60)64-6)27-31-23-34(48(3,53)54)29-57(28-31)21-17-35-36-24-33(32-13-10-9-11-14-32)15-16-39(36)55-42(35)51/h9-16,18,24-26,31,34,43-45,55,62H,8,17,19-23,27-29H2,1-7H3/t31?,34?,43?,44?,45-,49-,50?,51-,52+/m0/s1. The monoisotopic (exact) mass is 906 g/mol. The van der Waals surface area contributed by atoms with Crippen LogP contribution >= 0.6 is 0 Å². The van der Waals surface area contributed by atoms with Crippen molar-refractivity contribution >= 4 is 34.5 Å². The van der Waals surface area contributed by atoms with Crippen molar-refractivity contribution in [1.82, 2.24) is 14.8 Å². The fraction of sp³-hybridized carbons (Fsp3) is 0.519. The number of methoxy groups -OCH3 is 3. The molecule has 10 rings (SSSR count). The van der Waals surface area contributed by atoms with Crippen LogP contribution in [0.25, 0.3) is 22.0 Å². The van der Waals surface area contributed by atoms with Gasteiger partial charge >= 0.3 is 17.9 Å². The van der Waals surface area contributed by atoms with E-state index >= 15 is 13.6 Å². The Morgan fingerprint density at radius 3 is 2.38 bits per heavy atom. The van der Waals surface area contributed by atoms with Crippen molar-refractivity contribution in [2.75, 3.05) is 66.0 Å². The fourth-order valence-electron chi connectivity index (χ4n) is 14.3. The normalized spacial score (nSPS) is 33.4. The molecule has 4 aromatic rings. The number of carbonyl (C=O) groups is 3. The number of ether oxygens (including phenoxy) is 4. The number of likely N-dealkylation sites (N-methyl/N-ethyl adjacent to an activating group) is 1. The molecule has 2 N–H and O–H groups in total. The summed E-state index contributed by atoms with van der Waals surface area (Å²) in [5.74, 6) is -6.01. The van der Waals surface area contributed by atoms with Gasteiger partial charge in [-0.3, -0.25) is 14.5 Å². The SMILES string of the molecule is CC[C@@]12C=CCN3CCC4(c5cc([C@@]6(C(=O)OC)CC7CC(C(C)(F)F)CN(CCc8c6[nH]c6ccc(-c9ccccc9)cc86)C7)c(OC)cc5N(C)C4[C@](O)(C(=O)OC)[C@H]1OC(C)=O)C32. The predicted octanol–water partition coefficient (Wildman–Crippen LogP) is 6.79. The number of H-pyrrole nitrogens is 1. The van der Waals surface area contributed by atoms with Gasteiger partial charge < -0.3 is 38.8 Å². The number of rotatable bonds is 8. The van der Waals surface area contributed by atoms with Gasteiger partial charge in [0.1, 0.15) is 11.2 Å². The summed E-state index contributed by atoms with van der Waals surface area (Å²) < 4.78 is 55.1. The Hall–Kier alpha value is -5.31. The van der Waals surface area contributed by atoms with E-state index in [4.69, 9.17) is 18.9 Å². The maximum Gasteiger partial charge on any atom is 0.344 e. The van der Waals surface area contributed by atoms with Gasteiger partial charge in [-0.1, -0.05) is 55.5 Å². The number of nitrogens with zero attached hydrogens (tertiary/aromatic N) is 3. The average Bonchev–Trinajstić information content (AvgIpc) is 3.97. The molecule has 66 heavy (non-hydrogen) atoms. The second kappa shape index (κ2) is 15.6. The molecule has 10 atom stereocenters. The van der Waals surface area contributed by atoms with Gasteiger partial charge in [-0.2, -0.15) is 0 Å². The molecule has 5 aliphatic heterocycles. The van der Waals surface area contributed by atoms with Gasteiger partial charge in [-0.25, -0.2) is 13.6 Å². The first-order valence-corrected chi connectivity index (χ1v) is 23.3. The van der Waals surface area contributed by atoms with Gasteiger partial charge in [0.15, 0.2) is 6.10 Å². The molecule has 0 radical (unpaired) electrons. The van der Waals surface area contributed by atoms with Crippen LogP contribution < -0.4 is 9.64 Å². The second-order valence-corrected chi connectivity index (χ2v) is 19.9. The zero-order valence-electron chi connectivity index (χ0n) is 38.8. The zero-order valence-corrected chi connectivity index (χ0v) is 38.8. The number of benzene rings is 3. The summed E-state index contributed by atoms with van der Waals surface area (Å²) >= 11 is 0. The number of alkyl halides is 2. The minimum absolute atomic E-state index is 0.132. The van der Waals surface area contributed by atoms with Crippen LogP contribution in [0.4, 0.5) is 14.5 Å². The second-order valence-electron chi connectivity index (χ2n) is 19.9. The Morgan fingerprint density at radius 2 is 1.70 bits per heavy atom. The summed E-state index contributed by atoms with van der Waals surface area (Å²) in [4.78, 5) is 53.3. The molecular formula is C52H60F2N4O8. The topological polar surface area (TPSA) is 134 Å². The average molecular weight is 907 g/mol. The number of carbonyl (C=O) groups excluding carboxylic acids is 3. The van der Waals surface area contributed by atoms with Gasteiger partial charge in [0, 0.05) is 96.9 Å². The van der Waals surface area contributed by atoms with E-state index < -0.39 is 63.7 Å². The van der Waals surface area contributed by atoms with Gasteiger partial charge in [0.25, 0.3) is 0 Å². The van der Waals surface area contributed by atoms with E-state index in [1.807, 2.05) is 67.4 Å². The number of fused-ring (bicyclic) bond motifs is 6. The summed E-state index contributed by atoms with van der Waals surface area (Å²) in [6.45, 7) is 6.72. The Morgan fingerprint density at radius 1 is 0.939 bits per heavy atom. The molecule has 1 spiro atoms. The number of hydrogen-bond donors (Lipinski definition) is 2. The number of aromatic amines is 1. The summed E-state index contributed by atoms with van der Waals surface area (Å²) in [6, 6.07) is 18.9. The molecule has 2 bridgehead atoms. The largest absolute Gasteiger partial charge is 0.496 e. The summed E-state index contributed by atoms with van der Waals surface area (Å²) in [6.07, 6.45) is 4.44. The van der Waals surface area contributed by atoms with Crippen molar-refractivity contribution in [2.45, 2.75) is 93.4 Å². The lowest BCUT2D eigenvalue weighted by atomic mass is 9.47. The molecule has 6 heterocycles. The summed E-state index contributed by atoms with van der Waals surface area (Å²) in [7, 11) is 5.98. The number of hydrogen-bond acceptors (Lipinski definition) is 11. The lowest BCUT2D eigenvalue weighted by Gasteiger charge is -2.63. The highest BCUT2D eigenvalue weighted by Crippen LogP contribution is 2.68. The van der Waals surface area contributed by atoms with Crippen LogP contribution in [-0.2, 0) is 45.8 Å². The third kappa shape index (κ3) is 6.05. The highest BCUT2D eigenvalue weighted by Gasteiger charge is 2.80. The number of anilines is 1. The van der Waals surface area contributed by atoms with Crippen molar-refractivity contribution < 1.29 is 47.2 Å². The third-order valence-corrected chi connectivity index (χ3v) is 16.8. The first-order chi connectivity index (χ1) is 31.5. The summed E-state index contributed by atoms with van der Waals surface area (Å²) in [5, 5.41) is 14.3. The van der Waals surface area contributed by atoms with E-state index in [2.05, 4.69) is 39.0 Å². The molecule has 1 aliphatic carbocycles. The molecule has 3 aromatic carbocycles. The lowest BCUT2D eigenvalue weighted by Crippen LogP contribution is -2.81. The number of nitrogens with one attached hydrogen (secondary N) is 1. The maximum atomic E-state index is 15.6. The van der Waals surface area contributed by atoms with Gasteiger partial charge in [0.2, 0.25) is 11.5 Å². The van der Waals surface area contributed by atoms with Crippen LogP contribution in [0.1, 0.15) is 68.8 Å². The highest BCUT2D eigenvalue weighted by atomic mass is 19.3. The van der Waals surface area contributed by atoms with E-state index in [0.29, 0.717) is 68.1 Å². The van der Waals surface area contributed by atoms with E-state index in [1.54, 1.807) is 7.11 Å². The van der Waals surface area contributed by atoms with Crippen LogP contribution in [0.3, 0.4) is 0 Å². The lowest BCUT2D eigenvalue weighted by molar-refractivity contribution is -0.228. The van der Waals surface area contributed by atoms with Crippen molar-refractivity contribution in [3.05, 3.63) is 95.2 Å². The van der Waals surface area contributed by atoms with Crippen molar-refractivity contribution in [3.63, 3.8) is 0 Å². The van der Waals surface area contributed by atoms with E-state index in [-0.39, 0.29) is 31.3 Å². The third-order valence-electron chi connectivity index (χ3n) is 16.8. The molecule has 350 valence electrons. The molecule has 1 saturated carbocycles. The first kappa shape index (κ1) is 44.5. The molecule has 0 amide bonds. The number of piperidine rings is 1. The predicted molar refractivity (Wildman–Crippen MR) is 245 cm³/mol. The molecular weight excluding hydrogens is 847 g/mol. The Balaban J connectivity index is 1.27. The molecule has 6 aliphatic rings. The smallest absolute Gasteiger partial charge is 0.344 e. The van der Waals surface area contributed by atoms with Crippen LogP contribution in [0.15, 0.2) is 72.8 Å². The van der Waals surface area contributed by atoms with Gasteiger partial charge in [-0.15, -0.1) is 0 Å². The number of esters is 3. The number of aromatic nitrogens is 1. The Labute approximate surface area is 384 Å². The van der Waals surface area contributed by atoms with Crippen molar-refractivity contribution in [1.29, 1.82) is 0 Å². The van der Waals surface area contributed by atoms with Gasteiger partial charge in [-0.05, 0) is 91.9 Å². The molecule has 3 fully saturated rings. The zero-order chi connectivity index (χ0) is 46.7. The van der Waals surface area contributed by atoms with Crippen LogP contribution in [0.5, 0.6) is 5.75 Å². The van der Waals surface area contributed by atoms with Crippen LogP contribution in [0.2, 0.25) is 0 Å². The van der Waals surface area contributed by atoms with Crippen molar-refractivity contribution in [3.8, 4) is 16.9 Å². The molecule has 12 nitrogen and oxygen atoms in total. The van der Waals surface area contributed by atoms with Gasteiger partial charge in [0.05, 0.1) is 27.4 Å². The highest BCUT2D eigenvalue weighted by molar-refractivity contribution is 5.96. The summed E-state index contributed by atoms with van der Waals surface area (Å²) in [5.41, 5.74) is 0.330. The minimum Gasteiger partial charge on any atom is -0.496 e. The molecule has 2 saturated heterocycles. The van der Waals surface area contributed by atoms with E-state index in [0.717, 1.165) is 40.1 Å². The Kier molecular flexibility index (Phi) is 10.5. The van der Waals surface area contributed by atoms with E-state index in [1.165, 1.54) is 21.1 Å². The fourth-order valence-corrected chi connectivity index (χ4v) is 14.3. The molecule has 14 heteroatoms. The quantitative estimate of drug-likeness (QED) is 0.110. The van der Waals surface area contributed by atoms with Crippen LogP contribution in [-0.4, -0.2) is 129 Å². The first-order valence-electron chi connectivity index (χ1n) is 23.3. The number of aliphatic hydroxyl groups is 1. The minimum atomic E-state index is -2.95. The molecule has 6 unspecified atom stereocenters. The number of halogens is 2. The molecule has 1 aromatic heterocycles.